The molecule has 164 valence electrons. The van der Waals surface area contributed by atoms with Crippen molar-refractivity contribution in [2.24, 2.45) is 5.16 Å². The number of likely N-dealkylation sites (tertiary alicyclic amines) is 1. The lowest BCUT2D eigenvalue weighted by molar-refractivity contribution is -0.137. The predicted octanol–water partition coefficient (Wildman–Crippen LogP) is 5.07. The molecule has 2 aliphatic rings. The van der Waals surface area contributed by atoms with Crippen LogP contribution in [0.4, 0.5) is 18.9 Å². The van der Waals surface area contributed by atoms with Crippen LogP contribution in [-0.4, -0.2) is 41.5 Å². The average Bonchev–Trinajstić information content (AvgIpc) is 3.17. The first-order chi connectivity index (χ1) is 14.8. The molecule has 0 aliphatic carbocycles. The molecule has 0 unspecified atom stereocenters. The maximum Gasteiger partial charge on any atom is 0.416 e. The first-order valence-corrected chi connectivity index (χ1v) is 10.3. The minimum Gasteiger partial charge on any atom is -0.495 e. The third-order valence-corrected chi connectivity index (χ3v) is 6.06. The van der Waals surface area contributed by atoms with Crippen molar-refractivity contribution in [1.82, 2.24) is 4.90 Å². The Kier molecular flexibility index (Phi) is 5.79. The number of benzene rings is 2. The zero-order valence-corrected chi connectivity index (χ0v) is 17.7. The molecule has 0 radical (unpaired) electrons. The van der Waals surface area contributed by atoms with Crippen molar-refractivity contribution in [3.63, 3.8) is 0 Å². The molecule has 31 heavy (non-hydrogen) atoms. The smallest absolute Gasteiger partial charge is 0.416 e. The van der Waals surface area contributed by atoms with Crippen molar-refractivity contribution < 1.29 is 22.7 Å². The van der Waals surface area contributed by atoms with Crippen LogP contribution in [-0.2, 0) is 11.0 Å². The second-order valence-electron chi connectivity index (χ2n) is 7.68. The van der Waals surface area contributed by atoms with Gasteiger partial charge in [0.25, 0.3) is 0 Å². The number of nitrogens with one attached hydrogen (secondary N) is 1. The molecule has 1 saturated heterocycles. The van der Waals surface area contributed by atoms with Gasteiger partial charge >= 0.3 is 6.18 Å². The third-order valence-electron chi connectivity index (χ3n) is 5.70. The fraction of sp³-hybridized carbons (Fsp3) is 0.364. The molecule has 2 aromatic rings. The summed E-state index contributed by atoms with van der Waals surface area (Å²) >= 11 is 5.57. The lowest BCUT2D eigenvalue weighted by Gasteiger charge is -2.38. The summed E-state index contributed by atoms with van der Waals surface area (Å²) in [6.07, 6.45) is -2.35. The molecule has 2 aliphatic heterocycles. The first kappa shape index (κ1) is 21.4. The number of para-hydroxylation sites is 2. The van der Waals surface area contributed by atoms with Crippen LogP contribution in [0.2, 0.25) is 0 Å². The quantitative estimate of drug-likeness (QED) is 0.663. The van der Waals surface area contributed by atoms with Crippen LogP contribution in [0.1, 0.15) is 30.4 Å². The predicted molar refractivity (Wildman–Crippen MR) is 116 cm³/mol. The number of alkyl halides is 3. The van der Waals surface area contributed by atoms with E-state index in [0.29, 0.717) is 54.5 Å². The van der Waals surface area contributed by atoms with E-state index in [9.17, 15) is 13.2 Å². The molecule has 1 spiro atoms. The van der Waals surface area contributed by atoms with Gasteiger partial charge in [0.1, 0.15) is 11.4 Å². The van der Waals surface area contributed by atoms with Gasteiger partial charge in [-0.15, -0.1) is 0 Å². The average molecular weight is 449 g/mol. The van der Waals surface area contributed by atoms with E-state index in [1.54, 1.807) is 7.11 Å². The molecule has 2 aromatic carbocycles. The molecule has 4 rings (SSSR count). The topological polar surface area (TPSA) is 46.1 Å². The number of piperidine rings is 1. The number of methoxy groups -OCH3 is 1. The fourth-order valence-electron chi connectivity index (χ4n) is 3.86. The van der Waals surface area contributed by atoms with Crippen molar-refractivity contribution in [2.75, 3.05) is 25.5 Å². The number of thiocarbonyl (C=S) groups is 1. The molecule has 2 heterocycles. The van der Waals surface area contributed by atoms with Crippen LogP contribution in [0.15, 0.2) is 53.7 Å². The summed E-state index contributed by atoms with van der Waals surface area (Å²) in [5.41, 5.74) is 1.03. The molecule has 0 saturated carbocycles. The Balaban J connectivity index is 1.34. The van der Waals surface area contributed by atoms with E-state index in [0.717, 1.165) is 17.8 Å². The largest absolute Gasteiger partial charge is 0.495 e. The van der Waals surface area contributed by atoms with Crippen LogP contribution >= 0.6 is 12.2 Å². The SMILES string of the molecule is COc1ccccc1NC(=S)N1CCC2(CC1)CC(c1ccc(C(F)(F)F)cc1)=NO2. The summed E-state index contributed by atoms with van der Waals surface area (Å²) in [7, 11) is 1.61. The Morgan fingerprint density at radius 1 is 1.13 bits per heavy atom. The highest BCUT2D eigenvalue weighted by molar-refractivity contribution is 7.80. The van der Waals surface area contributed by atoms with Crippen LogP contribution in [0, 0.1) is 0 Å². The molecule has 0 amide bonds. The molecule has 5 nitrogen and oxygen atoms in total. The second kappa shape index (κ2) is 8.37. The zero-order valence-electron chi connectivity index (χ0n) is 16.9. The number of nitrogens with zero attached hydrogens (tertiary/aromatic N) is 2. The monoisotopic (exact) mass is 449 g/mol. The summed E-state index contributed by atoms with van der Waals surface area (Å²) in [5.74, 6) is 0.715. The molecule has 0 atom stereocenters. The van der Waals surface area contributed by atoms with Crippen molar-refractivity contribution in [1.29, 1.82) is 0 Å². The van der Waals surface area contributed by atoms with Gasteiger partial charge in [-0.3, -0.25) is 0 Å². The third kappa shape index (κ3) is 4.61. The Morgan fingerprint density at radius 3 is 2.45 bits per heavy atom. The molecule has 0 bridgehead atoms. The Labute approximate surface area is 183 Å². The summed E-state index contributed by atoms with van der Waals surface area (Å²) in [6.45, 7) is 1.38. The molecule has 1 N–H and O–H groups in total. The van der Waals surface area contributed by atoms with Gasteiger partial charge < -0.3 is 19.8 Å². The van der Waals surface area contributed by atoms with Gasteiger partial charge in [-0.2, -0.15) is 13.2 Å². The molecular weight excluding hydrogens is 427 g/mol. The molecule has 0 aromatic heterocycles. The minimum absolute atomic E-state index is 0.436. The van der Waals surface area contributed by atoms with Crippen molar-refractivity contribution >= 4 is 28.7 Å². The van der Waals surface area contributed by atoms with Crippen LogP contribution in [0.25, 0.3) is 0 Å². The summed E-state index contributed by atoms with van der Waals surface area (Å²) in [5, 5.41) is 8.03. The first-order valence-electron chi connectivity index (χ1n) is 9.91. The van der Waals surface area contributed by atoms with E-state index in [1.165, 1.54) is 12.1 Å². The highest BCUT2D eigenvalue weighted by Crippen LogP contribution is 2.37. The lowest BCUT2D eigenvalue weighted by Crippen LogP contribution is -2.48. The van der Waals surface area contributed by atoms with Crippen molar-refractivity contribution in [3.8, 4) is 5.75 Å². The van der Waals surface area contributed by atoms with Gasteiger partial charge in [0.2, 0.25) is 0 Å². The number of anilines is 1. The number of ether oxygens (including phenoxy) is 1. The van der Waals surface area contributed by atoms with Gasteiger partial charge in [0.15, 0.2) is 5.11 Å². The van der Waals surface area contributed by atoms with E-state index in [1.807, 2.05) is 24.3 Å². The number of rotatable bonds is 3. The Morgan fingerprint density at radius 2 is 1.81 bits per heavy atom. The van der Waals surface area contributed by atoms with Gasteiger partial charge in [-0.25, -0.2) is 0 Å². The summed E-state index contributed by atoms with van der Waals surface area (Å²) < 4.78 is 43.7. The number of halogens is 3. The van der Waals surface area contributed by atoms with Gasteiger partial charge in [-0.05, 0) is 42.0 Å². The highest BCUT2D eigenvalue weighted by Gasteiger charge is 2.43. The van der Waals surface area contributed by atoms with E-state index in [2.05, 4.69) is 15.4 Å². The second-order valence-corrected chi connectivity index (χ2v) is 8.07. The standard InChI is InChI=1S/C22H22F3N3O2S/c1-29-19-5-3-2-4-17(19)26-20(31)28-12-10-21(11-13-28)14-18(27-30-21)15-6-8-16(9-7-15)22(23,24)25/h2-9H,10-14H2,1H3,(H,26,31). The number of oxime groups is 1. The van der Waals surface area contributed by atoms with Crippen LogP contribution in [0.5, 0.6) is 5.75 Å². The molecular formula is C22H22F3N3O2S. The van der Waals surface area contributed by atoms with Crippen LogP contribution in [0.3, 0.4) is 0 Å². The normalized spacial score (nSPS) is 17.8. The number of hydrogen-bond acceptors (Lipinski definition) is 4. The Bertz CT molecular complexity index is 984. The van der Waals surface area contributed by atoms with Crippen molar-refractivity contribution in [2.45, 2.75) is 31.0 Å². The lowest BCUT2D eigenvalue weighted by atomic mass is 9.85. The molecule has 9 heteroatoms. The summed E-state index contributed by atoms with van der Waals surface area (Å²) in [6, 6.07) is 12.6. The van der Waals surface area contributed by atoms with Gasteiger partial charge in [-0.1, -0.05) is 29.4 Å². The highest BCUT2D eigenvalue weighted by atomic mass is 32.1. The van der Waals surface area contributed by atoms with E-state index in [4.69, 9.17) is 21.8 Å². The summed E-state index contributed by atoms with van der Waals surface area (Å²) in [4.78, 5) is 7.86. The van der Waals surface area contributed by atoms with E-state index in [-0.39, 0.29) is 0 Å². The van der Waals surface area contributed by atoms with E-state index < -0.39 is 17.3 Å². The molecule has 1 fully saturated rings. The van der Waals surface area contributed by atoms with Gasteiger partial charge in [0, 0.05) is 32.4 Å². The maximum atomic E-state index is 12.8. The Hall–Kier alpha value is -2.81. The number of hydrogen-bond donors (Lipinski definition) is 1. The maximum absolute atomic E-state index is 12.8. The van der Waals surface area contributed by atoms with E-state index >= 15 is 0 Å². The van der Waals surface area contributed by atoms with Crippen LogP contribution < -0.4 is 10.1 Å². The van der Waals surface area contributed by atoms with Gasteiger partial charge in [0.05, 0.1) is 24.1 Å². The minimum atomic E-state index is -4.35. The zero-order chi connectivity index (χ0) is 22.1. The fourth-order valence-corrected chi connectivity index (χ4v) is 4.15. The van der Waals surface area contributed by atoms with Crippen molar-refractivity contribution in [3.05, 3.63) is 59.7 Å².